The molecule has 0 unspecified atom stereocenters. The molecule has 0 bridgehead atoms. The van der Waals surface area contributed by atoms with E-state index in [2.05, 4.69) is 17.0 Å². The number of nitrogens with zero attached hydrogens (tertiary/aromatic N) is 3. The molecule has 0 atom stereocenters. The van der Waals surface area contributed by atoms with Gasteiger partial charge in [-0.2, -0.15) is 5.10 Å². The normalized spacial score (nSPS) is 12.4. The van der Waals surface area contributed by atoms with Gasteiger partial charge in [0.05, 0.1) is 44.0 Å². The minimum absolute atomic E-state index is 0.0389. The SMILES string of the molecule is CCCCn1ncc(/C=C(\Cc2cc3c(cc2OC)CCO3)C(=O)O)c1-c1ccc(OC)cc1OCc1ncccc1C(=O)O. The molecule has 3 heterocycles. The van der Waals surface area contributed by atoms with Crippen LogP contribution in [0.5, 0.6) is 23.0 Å². The van der Waals surface area contributed by atoms with Crippen LogP contribution in [0.1, 0.15) is 52.5 Å². The lowest BCUT2D eigenvalue weighted by atomic mass is 9.98. The van der Waals surface area contributed by atoms with Crippen molar-refractivity contribution >= 4 is 18.0 Å². The molecule has 2 aromatic carbocycles. The molecule has 2 aromatic heterocycles. The number of fused-ring (bicyclic) bond motifs is 1. The zero-order valence-corrected chi connectivity index (χ0v) is 25.4. The van der Waals surface area contributed by atoms with Crippen LogP contribution in [0.15, 0.2) is 60.4 Å². The van der Waals surface area contributed by atoms with Crippen LogP contribution < -0.4 is 18.9 Å². The Balaban J connectivity index is 1.58. The van der Waals surface area contributed by atoms with Gasteiger partial charge in [0.1, 0.15) is 29.6 Å². The van der Waals surface area contributed by atoms with E-state index in [0.29, 0.717) is 52.8 Å². The molecule has 11 heteroatoms. The van der Waals surface area contributed by atoms with Gasteiger partial charge in [-0.15, -0.1) is 0 Å². The molecule has 0 saturated carbocycles. The quantitative estimate of drug-likeness (QED) is 0.170. The fraction of sp³-hybridized carbons (Fsp3) is 0.294. The highest BCUT2D eigenvalue weighted by Crippen LogP contribution is 2.38. The van der Waals surface area contributed by atoms with E-state index in [0.717, 1.165) is 30.6 Å². The highest BCUT2D eigenvalue weighted by Gasteiger charge is 2.22. The number of carboxylic acids is 2. The largest absolute Gasteiger partial charge is 0.497 e. The molecular weight excluding hydrogens is 578 g/mol. The minimum Gasteiger partial charge on any atom is -0.497 e. The van der Waals surface area contributed by atoms with E-state index in [1.54, 1.807) is 37.6 Å². The fourth-order valence-corrected chi connectivity index (χ4v) is 5.27. The van der Waals surface area contributed by atoms with Crippen molar-refractivity contribution in [2.24, 2.45) is 0 Å². The molecule has 0 fully saturated rings. The highest BCUT2D eigenvalue weighted by atomic mass is 16.5. The summed E-state index contributed by atoms with van der Waals surface area (Å²) in [6.45, 7) is 3.13. The number of aliphatic carboxylic acids is 1. The summed E-state index contributed by atoms with van der Waals surface area (Å²) in [5, 5.41) is 24.6. The first-order valence-electron chi connectivity index (χ1n) is 14.6. The average molecular weight is 614 g/mol. The van der Waals surface area contributed by atoms with E-state index < -0.39 is 11.9 Å². The molecule has 1 aliphatic heterocycles. The van der Waals surface area contributed by atoms with Gasteiger partial charge >= 0.3 is 11.9 Å². The van der Waals surface area contributed by atoms with Crippen LogP contribution in [0.2, 0.25) is 0 Å². The smallest absolute Gasteiger partial charge is 0.337 e. The third kappa shape index (κ3) is 6.93. The molecule has 2 N–H and O–H groups in total. The molecule has 234 valence electrons. The van der Waals surface area contributed by atoms with Crippen molar-refractivity contribution in [1.82, 2.24) is 14.8 Å². The molecule has 4 aromatic rings. The number of pyridine rings is 1. The van der Waals surface area contributed by atoms with E-state index in [1.165, 1.54) is 19.4 Å². The standard InChI is InChI=1S/C34H35N3O8/c1-4-5-12-37-32(27-9-8-25(42-2)18-31(27)45-20-28-26(34(40)41)7-6-11-35-28)24(19-36-37)15-23(33(38)39)14-22-17-30-21(10-13-44-30)16-29(22)43-3/h6-9,11,15-19H,4-5,10,12-14,20H2,1-3H3,(H,38,39)(H,40,41)/b23-15+. The minimum atomic E-state index is -1.11. The summed E-state index contributed by atoms with van der Waals surface area (Å²) in [6, 6.07) is 12.1. The number of unbranched alkanes of at least 4 members (excludes halogenated alkanes) is 1. The van der Waals surface area contributed by atoms with Crippen molar-refractivity contribution in [2.75, 3.05) is 20.8 Å². The van der Waals surface area contributed by atoms with Crippen molar-refractivity contribution < 1.29 is 38.7 Å². The molecule has 0 radical (unpaired) electrons. The second-order valence-corrected chi connectivity index (χ2v) is 10.5. The Morgan fingerprint density at radius 1 is 1.09 bits per heavy atom. The monoisotopic (exact) mass is 613 g/mol. The molecular formula is C34H35N3O8. The second-order valence-electron chi connectivity index (χ2n) is 10.5. The molecule has 45 heavy (non-hydrogen) atoms. The third-order valence-corrected chi connectivity index (χ3v) is 7.60. The van der Waals surface area contributed by atoms with Gasteiger partial charge in [0, 0.05) is 59.5 Å². The van der Waals surface area contributed by atoms with Crippen molar-refractivity contribution in [3.05, 3.63) is 88.4 Å². The second kappa shape index (κ2) is 14.0. The van der Waals surface area contributed by atoms with Gasteiger partial charge in [-0.3, -0.25) is 9.67 Å². The highest BCUT2D eigenvalue weighted by molar-refractivity contribution is 5.94. The first kappa shape index (κ1) is 31.1. The topological polar surface area (TPSA) is 142 Å². The van der Waals surface area contributed by atoms with Crippen LogP contribution in [0.4, 0.5) is 0 Å². The Morgan fingerprint density at radius 3 is 2.67 bits per heavy atom. The molecule has 0 saturated heterocycles. The van der Waals surface area contributed by atoms with Gasteiger partial charge in [-0.1, -0.05) is 13.3 Å². The van der Waals surface area contributed by atoms with Crippen molar-refractivity contribution in [2.45, 2.75) is 45.8 Å². The average Bonchev–Trinajstić information content (AvgIpc) is 3.68. The first-order valence-corrected chi connectivity index (χ1v) is 14.6. The number of carbonyl (C=O) groups is 2. The van der Waals surface area contributed by atoms with E-state index in [1.807, 2.05) is 22.9 Å². The number of ether oxygens (including phenoxy) is 4. The lowest BCUT2D eigenvalue weighted by Gasteiger charge is -2.16. The van der Waals surface area contributed by atoms with Crippen molar-refractivity contribution in [3.8, 4) is 34.3 Å². The number of carboxylic acid groups (broad SMARTS) is 2. The molecule has 1 aliphatic rings. The zero-order valence-electron chi connectivity index (χ0n) is 25.4. The lowest BCUT2D eigenvalue weighted by molar-refractivity contribution is -0.132. The predicted octanol–water partition coefficient (Wildman–Crippen LogP) is 5.69. The van der Waals surface area contributed by atoms with Crippen molar-refractivity contribution in [3.63, 3.8) is 0 Å². The Labute approximate surface area is 260 Å². The molecule has 0 aliphatic carbocycles. The predicted molar refractivity (Wildman–Crippen MR) is 166 cm³/mol. The van der Waals surface area contributed by atoms with E-state index in [-0.39, 0.29) is 29.9 Å². The summed E-state index contributed by atoms with van der Waals surface area (Å²) in [7, 11) is 3.10. The van der Waals surface area contributed by atoms with Crippen molar-refractivity contribution in [1.29, 1.82) is 0 Å². The van der Waals surface area contributed by atoms with Gasteiger partial charge in [0.25, 0.3) is 0 Å². The number of hydrogen-bond donors (Lipinski definition) is 2. The van der Waals surface area contributed by atoms with Gasteiger partial charge in [-0.05, 0) is 48.9 Å². The van der Waals surface area contributed by atoms with Crippen LogP contribution in [-0.2, 0) is 30.8 Å². The molecule has 5 rings (SSSR count). The number of aromatic nitrogens is 3. The van der Waals surface area contributed by atoms with E-state index in [4.69, 9.17) is 18.9 Å². The fourth-order valence-electron chi connectivity index (χ4n) is 5.27. The Hall–Kier alpha value is -5.32. The van der Waals surface area contributed by atoms with Crippen LogP contribution in [0.3, 0.4) is 0 Å². The maximum atomic E-state index is 12.6. The number of hydrogen-bond acceptors (Lipinski definition) is 8. The summed E-state index contributed by atoms with van der Waals surface area (Å²) in [6.07, 6.45) is 7.42. The first-order chi connectivity index (χ1) is 21.8. The number of benzene rings is 2. The van der Waals surface area contributed by atoms with E-state index in [9.17, 15) is 19.8 Å². The maximum Gasteiger partial charge on any atom is 0.337 e. The van der Waals surface area contributed by atoms with Gasteiger partial charge in [-0.25, -0.2) is 9.59 Å². The number of aromatic carboxylic acids is 1. The van der Waals surface area contributed by atoms with Crippen LogP contribution >= 0.6 is 0 Å². The summed E-state index contributed by atoms with van der Waals surface area (Å²) < 4.78 is 24.8. The summed E-state index contributed by atoms with van der Waals surface area (Å²) >= 11 is 0. The molecule has 11 nitrogen and oxygen atoms in total. The maximum absolute atomic E-state index is 12.6. The van der Waals surface area contributed by atoms with E-state index >= 15 is 0 Å². The molecule has 0 amide bonds. The van der Waals surface area contributed by atoms with Gasteiger partial charge in [0.15, 0.2) is 0 Å². The van der Waals surface area contributed by atoms with Crippen LogP contribution in [0, 0.1) is 0 Å². The molecule has 0 spiro atoms. The lowest BCUT2D eigenvalue weighted by Crippen LogP contribution is -2.09. The Bertz CT molecular complexity index is 1740. The van der Waals surface area contributed by atoms with Crippen LogP contribution in [-0.4, -0.2) is 57.7 Å². The van der Waals surface area contributed by atoms with Gasteiger partial charge in [0.2, 0.25) is 0 Å². The third-order valence-electron chi connectivity index (χ3n) is 7.60. The summed E-state index contributed by atoms with van der Waals surface area (Å²) in [5.74, 6) is 0.0910. The zero-order chi connectivity index (χ0) is 31.9. The Kier molecular flexibility index (Phi) is 9.67. The Morgan fingerprint density at radius 2 is 1.93 bits per heavy atom. The number of rotatable bonds is 14. The number of methoxy groups -OCH3 is 2. The van der Waals surface area contributed by atoms with Crippen LogP contribution in [0.25, 0.3) is 17.3 Å². The number of aryl methyl sites for hydroxylation is 1. The summed E-state index contributed by atoms with van der Waals surface area (Å²) in [5.41, 5.74) is 4.04. The van der Waals surface area contributed by atoms with Gasteiger partial charge < -0.3 is 29.2 Å². The summed E-state index contributed by atoms with van der Waals surface area (Å²) in [4.78, 5) is 28.6.